The molecule has 5 nitrogen and oxygen atoms in total. The van der Waals surface area contributed by atoms with Crippen LogP contribution in [0.5, 0.6) is 0 Å². The van der Waals surface area contributed by atoms with Gasteiger partial charge in [0.05, 0.1) is 10.4 Å². The van der Waals surface area contributed by atoms with Crippen LogP contribution < -0.4 is 5.32 Å². The van der Waals surface area contributed by atoms with E-state index in [1.165, 1.54) is 28.4 Å². The predicted molar refractivity (Wildman–Crippen MR) is 119 cm³/mol. The lowest BCUT2D eigenvalue weighted by Crippen LogP contribution is -2.11. The fraction of sp³-hybridized carbons (Fsp3) is 0.0417. The monoisotopic (exact) mass is 432 g/mol. The SMILES string of the molecule is Cc1ccc(S(=O)(=O)n2cc(C=C3C(=O)Nc4ccc(F)cc43)c3ccccc32)cc1. The molecule has 1 N–H and O–H groups in total. The first-order valence-electron chi connectivity index (χ1n) is 9.60. The van der Waals surface area contributed by atoms with Crippen LogP contribution in [0.25, 0.3) is 22.6 Å². The highest BCUT2D eigenvalue weighted by atomic mass is 32.2. The zero-order valence-corrected chi connectivity index (χ0v) is 17.3. The first kappa shape index (κ1) is 19.3. The topological polar surface area (TPSA) is 68.2 Å². The van der Waals surface area contributed by atoms with Gasteiger partial charge in [-0.25, -0.2) is 16.8 Å². The number of carbonyl (C=O) groups excluding carboxylic acids is 1. The van der Waals surface area contributed by atoms with Crippen LogP contribution in [0.3, 0.4) is 0 Å². The fourth-order valence-electron chi connectivity index (χ4n) is 3.77. The molecule has 154 valence electrons. The van der Waals surface area contributed by atoms with E-state index < -0.39 is 15.8 Å². The first-order valence-corrected chi connectivity index (χ1v) is 11.0. The number of nitrogens with zero attached hydrogens (tertiary/aromatic N) is 1. The number of fused-ring (bicyclic) bond motifs is 2. The number of nitrogens with one attached hydrogen (secondary N) is 1. The molecule has 0 saturated heterocycles. The van der Waals surface area contributed by atoms with Gasteiger partial charge in [-0.2, -0.15) is 0 Å². The van der Waals surface area contributed by atoms with Crippen LogP contribution in [0, 0.1) is 12.7 Å². The third kappa shape index (κ3) is 3.14. The number of hydrogen-bond acceptors (Lipinski definition) is 3. The van der Waals surface area contributed by atoms with Gasteiger partial charge in [0.2, 0.25) is 0 Å². The van der Waals surface area contributed by atoms with E-state index in [1.807, 2.05) is 6.92 Å². The second kappa shape index (κ2) is 6.92. The predicted octanol–water partition coefficient (Wildman–Crippen LogP) is 4.82. The average Bonchev–Trinajstić information content (AvgIpc) is 3.27. The number of aryl methyl sites for hydroxylation is 1. The average molecular weight is 432 g/mol. The molecule has 31 heavy (non-hydrogen) atoms. The quantitative estimate of drug-likeness (QED) is 0.472. The molecule has 1 aromatic heterocycles. The van der Waals surface area contributed by atoms with E-state index in [1.54, 1.807) is 54.6 Å². The first-order chi connectivity index (χ1) is 14.8. The molecule has 1 amide bonds. The second-order valence-electron chi connectivity index (χ2n) is 7.42. The van der Waals surface area contributed by atoms with E-state index in [-0.39, 0.29) is 16.4 Å². The Morgan fingerprint density at radius 1 is 1.00 bits per heavy atom. The number of hydrogen-bond donors (Lipinski definition) is 1. The zero-order valence-electron chi connectivity index (χ0n) is 16.5. The molecule has 2 heterocycles. The Labute approximate surface area is 178 Å². The van der Waals surface area contributed by atoms with Crippen molar-refractivity contribution in [2.24, 2.45) is 0 Å². The maximum Gasteiger partial charge on any atom is 0.268 e. The smallest absolute Gasteiger partial charge is 0.268 e. The van der Waals surface area contributed by atoms with Crippen LogP contribution in [0.4, 0.5) is 10.1 Å². The summed E-state index contributed by atoms with van der Waals surface area (Å²) in [5.41, 5.74) is 3.25. The number of carbonyl (C=O) groups is 1. The normalized spacial score (nSPS) is 14.8. The summed E-state index contributed by atoms with van der Waals surface area (Å²) in [6, 6.07) is 17.8. The molecule has 1 aliphatic heterocycles. The Hall–Kier alpha value is -3.71. The lowest BCUT2D eigenvalue weighted by molar-refractivity contribution is -0.110. The molecule has 0 saturated carbocycles. The molecule has 0 unspecified atom stereocenters. The molecule has 0 radical (unpaired) electrons. The standard InChI is InChI=1S/C24H17FN2O3S/c1-15-6-9-18(10-7-15)31(29,30)27-14-16(19-4-2-3-5-23(19)27)12-21-20-13-17(25)8-11-22(20)26-24(21)28/h2-14H,1H3,(H,26,28). The molecule has 5 rings (SSSR count). The highest BCUT2D eigenvalue weighted by molar-refractivity contribution is 7.90. The van der Waals surface area contributed by atoms with Gasteiger partial charge in [-0.05, 0) is 49.4 Å². The number of para-hydroxylation sites is 1. The van der Waals surface area contributed by atoms with Crippen molar-refractivity contribution in [1.82, 2.24) is 3.97 Å². The Morgan fingerprint density at radius 3 is 2.52 bits per heavy atom. The molecule has 0 spiro atoms. The van der Waals surface area contributed by atoms with Crippen molar-refractivity contribution < 1.29 is 17.6 Å². The number of halogens is 1. The lowest BCUT2D eigenvalue weighted by Gasteiger charge is -2.07. The van der Waals surface area contributed by atoms with Gasteiger partial charge in [0, 0.05) is 34.0 Å². The largest absolute Gasteiger partial charge is 0.321 e. The molecule has 3 aromatic carbocycles. The van der Waals surface area contributed by atoms with Crippen LogP contribution in [0.2, 0.25) is 0 Å². The van der Waals surface area contributed by atoms with Gasteiger partial charge in [-0.1, -0.05) is 35.9 Å². The van der Waals surface area contributed by atoms with Crippen LogP contribution >= 0.6 is 0 Å². The lowest BCUT2D eigenvalue weighted by atomic mass is 10.0. The summed E-state index contributed by atoms with van der Waals surface area (Å²) in [4.78, 5) is 12.7. The van der Waals surface area contributed by atoms with Crippen molar-refractivity contribution >= 4 is 44.2 Å². The zero-order chi connectivity index (χ0) is 21.8. The highest BCUT2D eigenvalue weighted by Gasteiger charge is 2.26. The Bertz CT molecular complexity index is 1500. The number of amides is 1. The van der Waals surface area contributed by atoms with Crippen molar-refractivity contribution in [3.05, 3.63) is 95.4 Å². The molecule has 4 aromatic rings. The maximum absolute atomic E-state index is 13.8. The second-order valence-corrected chi connectivity index (χ2v) is 9.23. The van der Waals surface area contributed by atoms with Gasteiger partial charge < -0.3 is 5.32 Å². The minimum Gasteiger partial charge on any atom is -0.321 e. The fourth-order valence-corrected chi connectivity index (χ4v) is 5.15. The van der Waals surface area contributed by atoms with Crippen molar-refractivity contribution in [1.29, 1.82) is 0 Å². The molecular formula is C24H17FN2O3S. The summed E-state index contributed by atoms with van der Waals surface area (Å²) >= 11 is 0. The van der Waals surface area contributed by atoms with Crippen molar-refractivity contribution in [3.63, 3.8) is 0 Å². The van der Waals surface area contributed by atoms with Gasteiger partial charge in [0.15, 0.2) is 0 Å². The van der Waals surface area contributed by atoms with Crippen molar-refractivity contribution in [2.75, 3.05) is 5.32 Å². The van der Waals surface area contributed by atoms with Gasteiger partial charge in [-0.3, -0.25) is 4.79 Å². The Kier molecular flexibility index (Phi) is 4.30. The number of rotatable bonds is 3. The van der Waals surface area contributed by atoms with E-state index in [0.29, 0.717) is 27.7 Å². The van der Waals surface area contributed by atoms with E-state index in [4.69, 9.17) is 0 Å². The van der Waals surface area contributed by atoms with E-state index in [2.05, 4.69) is 5.32 Å². The van der Waals surface area contributed by atoms with Gasteiger partial charge in [0.1, 0.15) is 5.82 Å². The third-order valence-corrected chi connectivity index (χ3v) is 7.04. The van der Waals surface area contributed by atoms with E-state index in [0.717, 1.165) is 5.56 Å². The minimum absolute atomic E-state index is 0.170. The van der Waals surface area contributed by atoms with Crippen LogP contribution in [-0.2, 0) is 14.8 Å². The van der Waals surface area contributed by atoms with Crippen LogP contribution in [-0.4, -0.2) is 18.3 Å². The van der Waals surface area contributed by atoms with Gasteiger partial charge in [-0.15, -0.1) is 0 Å². The Balaban J connectivity index is 1.71. The molecule has 0 atom stereocenters. The molecule has 0 aliphatic carbocycles. The summed E-state index contributed by atoms with van der Waals surface area (Å²) in [5.74, 6) is -0.815. The summed E-state index contributed by atoms with van der Waals surface area (Å²) < 4.78 is 41.7. The third-order valence-electron chi connectivity index (χ3n) is 5.35. The molecule has 1 aliphatic rings. The summed E-state index contributed by atoms with van der Waals surface area (Å²) in [5, 5.41) is 3.38. The number of anilines is 1. The minimum atomic E-state index is -3.85. The van der Waals surface area contributed by atoms with Gasteiger partial charge >= 0.3 is 0 Å². The van der Waals surface area contributed by atoms with Gasteiger partial charge in [0.25, 0.3) is 15.9 Å². The number of benzene rings is 3. The highest BCUT2D eigenvalue weighted by Crippen LogP contribution is 2.35. The van der Waals surface area contributed by atoms with E-state index >= 15 is 0 Å². The van der Waals surface area contributed by atoms with Crippen molar-refractivity contribution in [2.45, 2.75) is 11.8 Å². The molecular weight excluding hydrogens is 415 g/mol. The summed E-state index contributed by atoms with van der Waals surface area (Å²) in [6.07, 6.45) is 3.10. The van der Waals surface area contributed by atoms with Crippen molar-refractivity contribution in [3.8, 4) is 0 Å². The maximum atomic E-state index is 13.8. The molecule has 0 fully saturated rings. The summed E-state index contributed by atoms with van der Waals surface area (Å²) in [6.45, 7) is 1.89. The molecule has 7 heteroatoms. The summed E-state index contributed by atoms with van der Waals surface area (Å²) in [7, 11) is -3.85. The Morgan fingerprint density at radius 2 is 1.74 bits per heavy atom. The number of aromatic nitrogens is 1. The molecule has 0 bridgehead atoms. The van der Waals surface area contributed by atoms with Crippen LogP contribution in [0.1, 0.15) is 16.7 Å². The van der Waals surface area contributed by atoms with E-state index in [9.17, 15) is 17.6 Å². The van der Waals surface area contributed by atoms with Crippen LogP contribution in [0.15, 0.2) is 77.8 Å².